The molecule has 0 spiro atoms. The fraction of sp³-hybridized carbons (Fsp3) is 0.462. The molecular formula is C13H17NO2. The van der Waals surface area contributed by atoms with Crippen LogP contribution in [-0.2, 0) is 4.74 Å². The monoisotopic (exact) mass is 219 g/mol. The number of hydrogen-bond acceptors (Lipinski definition) is 3. The highest BCUT2D eigenvalue weighted by Gasteiger charge is 2.25. The third kappa shape index (κ3) is 2.35. The van der Waals surface area contributed by atoms with Crippen molar-refractivity contribution < 1.29 is 9.53 Å². The van der Waals surface area contributed by atoms with Crippen molar-refractivity contribution in [1.29, 1.82) is 0 Å². The summed E-state index contributed by atoms with van der Waals surface area (Å²) >= 11 is 0. The topological polar surface area (TPSA) is 52.3 Å². The lowest BCUT2D eigenvalue weighted by Crippen LogP contribution is -2.13. The molecule has 0 aliphatic heterocycles. The summed E-state index contributed by atoms with van der Waals surface area (Å²) in [4.78, 5) is 11.8. The molecule has 1 aliphatic rings. The first-order valence-corrected chi connectivity index (χ1v) is 5.68. The van der Waals surface area contributed by atoms with Crippen LogP contribution >= 0.6 is 0 Å². The molecule has 1 aromatic rings. The lowest BCUT2D eigenvalue weighted by Gasteiger charge is -2.10. The number of ether oxygens (including phenoxy) is 1. The van der Waals surface area contributed by atoms with Crippen molar-refractivity contribution >= 4 is 11.7 Å². The van der Waals surface area contributed by atoms with Crippen LogP contribution in [0.25, 0.3) is 0 Å². The summed E-state index contributed by atoms with van der Waals surface area (Å²) in [7, 11) is 0. The molecule has 0 amide bonds. The summed E-state index contributed by atoms with van der Waals surface area (Å²) in [5, 5.41) is 0. The van der Waals surface area contributed by atoms with Crippen molar-refractivity contribution in [2.45, 2.75) is 38.7 Å². The van der Waals surface area contributed by atoms with E-state index in [0.717, 1.165) is 0 Å². The Morgan fingerprint density at radius 3 is 2.69 bits per heavy atom. The molecule has 0 unspecified atom stereocenters. The smallest absolute Gasteiger partial charge is 0.340 e. The van der Waals surface area contributed by atoms with Gasteiger partial charge in [0.1, 0.15) is 0 Å². The quantitative estimate of drug-likeness (QED) is 0.628. The van der Waals surface area contributed by atoms with Crippen LogP contribution in [0.1, 0.15) is 48.5 Å². The summed E-state index contributed by atoms with van der Waals surface area (Å²) in [6.45, 7) is 3.66. The molecule has 16 heavy (non-hydrogen) atoms. The zero-order chi connectivity index (χ0) is 11.7. The number of benzene rings is 1. The minimum absolute atomic E-state index is 0.114. The Hall–Kier alpha value is -1.51. The number of nitrogen functional groups attached to an aromatic ring is 1. The Bertz CT molecular complexity index is 408. The van der Waals surface area contributed by atoms with Gasteiger partial charge in [-0.3, -0.25) is 0 Å². The average Bonchev–Trinajstić information content (AvgIpc) is 3.00. The molecule has 86 valence electrons. The van der Waals surface area contributed by atoms with Gasteiger partial charge in [0.25, 0.3) is 0 Å². The highest BCUT2D eigenvalue weighted by Crippen LogP contribution is 2.40. The maximum absolute atomic E-state index is 11.8. The number of esters is 1. The minimum Gasteiger partial charge on any atom is -0.459 e. The van der Waals surface area contributed by atoms with Crippen molar-refractivity contribution in [3.63, 3.8) is 0 Å². The Balaban J connectivity index is 2.24. The summed E-state index contributed by atoms with van der Waals surface area (Å²) < 4.78 is 5.15. The molecule has 0 bridgehead atoms. The van der Waals surface area contributed by atoms with Gasteiger partial charge in [-0.05, 0) is 50.3 Å². The van der Waals surface area contributed by atoms with E-state index in [1.54, 1.807) is 6.07 Å². The van der Waals surface area contributed by atoms with E-state index in [1.807, 2.05) is 26.0 Å². The largest absolute Gasteiger partial charge is 0.459 e. The maximum Gasteiger partial charge on any atom is 0.340 e. The molecule has 1 aromatic carbocycles. The van der Waals surface area contributed by atoms with Crippen LogP contribution in [0.15, 0.2) is 18.2 Å². The second kappa shape index (κ2) is 4.16. The Labute approximate surface area is 95.6 Å². The predicted octanol–water partition coefficient (Wildman–Crippen LogP) is 2.71. The summed E-state index contributed by atoms with van der Waals surface area (Å²) in [5.74, 6) is 0.293. The average molecular weight is 219 g/mol. The van der Waals surface area contributed by atoms with Gasteiger partial charge in [-0.2, -0.15) is 0 Å². The van der Waals surface area contributed by atoms with Crippen LogP contribution in [0.3, 0.4) is 0 Å². The van der Waals surface area contributed by atoms with E-state index in [1.165, 1.54) is 18.4 Å². The number of hydrogen-bond donors (Lipinski definition) is 1. The van der Waals surface area contributed by atoms with Crippen LogP contribution in [0.4, 0.5) is 5.69 Å². The molecule has 1 saturated carbocycles. The van der Waals surface area contributed by atoms with Crippen LogP contribution in [0.5, 0.6) is 0 Å². The number of rotatable bonds is 3. The van der Waals surface area contributed by atoms with Crippen molar-refractivity contribution in [2.75, 3.05) is 5.73 Å². The normalized spacial score (nSPS) is 15.2. The molecule has 0 aromatic heterocycles. The van der Waals surface area contributed by atoms with Gasteiger partial charge in [0, 0.05) is 5.69 Å². The second-order valence-electron chi connectivity index (χ2n) is 4.58. The van der Waals surface area contributed by atoms with Gasteiger partial charge in [0.15, 0.2) is 0 Å². The first kappa shape index (κ1) is 11.0. The number of carbonyl (C=O) groups excluding carboxylic acids is 1. The summed E-state index contributed by atoms with van der Waals surface area (Å²) in [6, 6.07) is 5.67. The van der Waals surface area contributed by atoms with Crippen LogP contribution < -0.4 is 5.73 Å². The second-order valence-corrected chi connectivity index (χ2v) is 4.58. The van der Waals surface area contributed by atoms with Crippen LogP contribution in [0.2, 0.25) is 0 Å². The molecule has 2 rings (SSSR count). The molecule has 1 fully saturated rings. The summed E-state index contributed by atoms with van der Waals surface area (Å²) in [5.41, 5.74) is 7.98. The molecular weight excluding hydrogens is 202 g/mol. The van der Waals surface area contributed by atoms with Gasteiger partial charge in [-0.25, -0.2) is 4.79 Å². The van der Waals surface area contributed by atoms with E-state index >= 15 is 0 Å². The molecule has 3 heteroatoms. The lowest BCUT2D eigenvalue weighted by molar-refractivity contribution is 0.0379. The van der Waals surface area contributed by atoms with Crippen LogP contribution in [-0.4, -0.2) is 12.1 Å². The molecule has 0 heterocycles. The van der Waals surface area contributed by atoms with Gasteiger partial charge in [-0.1, -0.05) is 6.07 Å². The fourth-order valence-corrected chi connectivity index (χ4v) is 1.70. The highest BCUT2D eigenvalue weighted by molar-refractivity contribution is 5.95. The molecule has 3 nitrogen and oxygen atoms in total. The third-order valence-electron chi connectivity index (χ3n) is 2.69. The lowest BCUT2D eigenvalue weighted by atomic mass is 10.1. The molecule has 0 saturated heterocycles. The molecule has 0 radical (unpaired) electrons. The van der Waals surface area contributed by atoms with Gasteiger partial charge in [-0.15, -0.1) is 0 Å². The van der Waals surface area contributed by atoms with Crippen molar-refractivity contribution in [1.82, 2.24) is 0 Å². The van der Waals surface area contributed by atoms with Crippen LogP contribution in [0, 0.1) is 0 Å². The number of anilines is 1. The first-order chi connectivity index (χ1) is 7.58. The number of carbonyl (C=O) groups is 1. The van der Waals surface area contributed by atoms with Crippen molar-refractivity contribution in [3.8, 4) is 0 Å². The summed E-state index contributed by atoms with van der Waals surface area (Å²) in [6.07, 6.45) is 2.31. The van der Waals surface area contributed by atoms with Gasteiger partial charge in [0.2, 0.25) is 0 Å². The third-order valence-corrected chi connectivity index (χ3v) is 2.69. The van der Waals surface area contributed by atoms with E-state index in [4.69, 9.17) is 10.5 Å². The minimum atomic E-state index is -0.324. The van der Waals surface area contributed by atoms with Crippen molar-refractivity contribution in [2.24, 2.45) is 0 Å². The van der Waals surface area contributed by atoms with E-state index in [9.17, 15) is 4.79 Å². The molecule has 2 N–H and O–H groups in total. The maximum atomic E-state index is 11.8. The van der Waals surface area contributed by atoms with Gasteiger partial charge in [0.05, 0.1) is 11.7 Å². The Kier molecular flexibility index (Phi) is 2.86. The van der Waals surface area contributed by atoms with E-state index < -0.39 is 0 Å². The van der Waals surface area contributed by atoms with Gasteiger partial charge < -0.3 is 10.5 Å². The van der Waals surface area contributed by atoms with E-state index in [2.05, 4.69) is 0 Å². The fourth-order valence-electron chi connectivity index (χ4n) is 1.70. The predicted molar refractivity (Wildman–Crippen MR) is 63.4 cm³/mol. The molecule has 0 atom stereocenters. The first-order valence-electron chi connectivity index (χ1n) is 5.68. The SMILES string of the molecule is CC(C)OC(=O)c1cc(C2CC2)ccc1N. The Morgan fingerprint density at radius 2 is 2.12 bits per heavy atom. The zero-order valence-electron chi connectivity index (χ0n) is 9.69. The number of nitrogens with two attached hydrogens (primary N) is 1. The Morgan fingerprint density at radius 1 is 1.44 bits per heavy atom. The van der Waals surface area contributed by atoms with E-state index in [-0.39, 0.29) is 12.1 Å². The van der Waals surface area contributed by atoms with Gasteiger partial charge >= 0.3 is 5.97 Å². The standard InChI is InChI=1S/C13H17NO2/c1-8(2)16-13(15)11-7-10(9-3-4-9)5-6-12(11)14/h5-9H,3-4,14H2,1-2H3. The zero-order valence-corrected chi connectivity index (χ0v) is 9.69. The highest BCUT2D eigenvalue weighted by atomic mass is 16.5. The van der Waals surface area contributed by atoms with Crippen molar-refractivity contribution in [3.05, 3.63) is 29.3 Å². The van der Waals surface area contributed by atoms with E-state index in [0.29, 0.717) is 17.2 Å². The molecule has 1 aliphatic carbocycles.